The van der Waals surface area contributed by atoms with Crippen molar-refractivity contribution in [3.63, 3.8) is 0 Å². The van der Waals surface area contributed by atoms with Crippen LogP contribution in [0, 0.1) is 0 Å². The molecule has 1 amide bonds. The van der Waals surface area contributed by atoms with Gasteiger partial charge in [-0.25, -0.2) is 4.98 Å². The Kier molecular flexibility index (Phi) is 5.87. The molecule has 1 atom stereocenters. The fourth-order valence-corrected chi connectivity index (χ4v) is 3.57. The molecule has 1 aromatic carbocycles. The highest BCUT2D eigenvalue weighted by Gasteiger charge is 2.24. The molecule has 5 nitrogen and oxygen atoms in total. The van der Waals surface area contributed by atoms with Crippen LogP contribution in [0.15, 0.2) is 42.7 Å². The van der Waals surface area contributed by atoms with E-state index in [1.54, 1.807) is 0 Å². The van der Waals surface area contributed by atoms with Gasteiger partial charge in [0, 0.05) is 45.0 Å². The Balaban J connectivity index is 1.42. The first kappa shape index (κ1) is 17.7. The van der Waals surface area contributed by atoms with Gasteiger partial charge in [-0.1, -0.05) is 30.3 Å². The van der Waals surface area contributed by atoms with Crippen LogP contribution in [0.25, 0.3) is 0 Å². The summed E-state index contributed by atoms with van der Waals surface area (Å²) in [5.74, 6) is 1.33. The van der Waals surface area contributed by atoms with Crippen LogP contribution in [-0.2, 0) is 18.3 Å². The molecule has 3 rings (SSSR count). The van der Waals surface area contributed by atoms with Crippen molar-refractivity contribution in [1.82, 2.24) is 19.8 Å². The van der Waals surface area contributed by atoms with Crippen LogP contribution < -0.4 is 5.32 Å². The molecule has 1 unspecified atom stereocenters. The van der Waals surface area contributed by atoms with E-state index in [9.17, 15) is 4.79 Å². The van der Waals surface area contributed by atoms with Crippen molar-refractivity contribution < 1.29 is 4.79 Å². The third-order valence-corrected chi connectivity index (χ3v) is 5.05. The first-order valence-corrected chi connectivity index (χ1v) is 9.18. The van der Waals surface area contributed by atoms with Gasteiger partial charge in [-0.05, 0) is 31.7 Å². The Morgan fingerprint density at radius 3 is 2.64 bits per heavy atom. The monoisotopic (exact) mass is 340 g/mol. The number of hydrogen-bond acceptors (Lipinski definition) is 3. The van der Waals surface area contributed by atoms with Crippen LogP contribution >= 0.6 is 0 Å². The molecular weight excluding hydrogens is 312 g/mol. The van der Waals surface area contributed by atoms with Crippen LogP contribution in [0.5, 0.6) is 0 Å². The molecule has 2 heterocycles. The van der Waals surface area contributed by atoms with Crippen LogP contribution in [-0.4, -0.2) is 39.5 Å². The van der Waals surface area contributed by atoms with Gasteiger partial charge in [-0.15, -0.1) is 0 Å². The minimum atomic E-state index is 0.227. The van der Waals surface area contributed by atoms with E-state index >= 15 is 0 Å². The maximum atomic E-state index is 12.4. The molecule has 0 radical (unpaired) electrons. The predicted octanol–water partition coefficient (Wildman–Crippen LogP) is 2.69. The summed E-state index contributed by atoms with van der Waals surface area (Å²) in [5.41, 5.74) is 1.23. The Morgan fingerprint density at radius 1 is 1.28 bits per heavy atom. The fraction of sp³-hybridized carbons (Fsp3) is 0.500. The summed E-state index contributed by atoms with van der Waals surface area (Å²) in [6.07, 6.45) is 7.25. The second-order valence-electron chi connectivity index (χ2n) is 6.93. The van der Waals surface area contributed by atoms with Crippen LogP contribution in [0.1, 0.15) is 43.6 Å². The lowest BCUT2D eigenvalue weighted by atomic mass is 10.0. The van der Waals surface area contributed by atoms with Gasteiger partial charge in [-0.3, -0.25) is 4.79 Å². The lowest BCUT2D eigenvalue weighted by molar-refractivity contribution is -0.132. The molecular formula is C20H28N4O. The van der Waals surface area contributed by atoms with Crippen molar-refractivity contribution in [3.05, 3.63) is 54.1 Å². The average Bonchev–Trinajstić information content (AvgIpc) is 3.07. The van der Waals surface area contributed by atoms with Gasteiger partial charge in [0.25, 0.3) is 0 Å². The average molecular weight is 340 g/mol. The SMILES string of the molecule is CC(NC1CCN(C(=O)CCc2ccccc2)CC1)c1nccn1C. The Labute approximate surface area is 150 Å². The number of aromatic nitrogens is 2. The van der Waals surface area contributed by atoms with Gasteiger partial charge < -0.3 is 14.8 Å². The number of benzene rings is 1. The van der Waals surface area contributed by atoms with E-state index in [0.29, 0.717) is 12.5 Å². The highest BCUT2D eigenvalue weighted by atomic mass is 16.2. The van der Waals surface area contributed by atoms with E-state index in [1.807, 2.05) is 42.5 Å². The molecule has 1 aliphatic heterocycles. The van der Waals surface area contributed by atoms with E-state index in [1.165, 1.54) is 5.56 Å². The summed E-state index contributed by atoms with van der Waals surface area (Å²) in [6, 6.07) is 10.9. The van der Waals surface area contributed by atoms with E-state index < -0.39 is 0 Å². The van der Waals surface area contributed by atoms with Crippen LogP contribution in [0.3, 0.4) is 0 Å². The molecule has 1 fully saturated rings. The number of aryl methyl sites for hydroxylation is 2. The van der Waals surface area contributed by atoms with Gasteiger partial charge in [0.15, 0.2) is 0 Å². The van der Waals surface area contributed by atoms with E-state index in [-0.39, 0.29) is 11.9 Å². The highest BCUT2D eigenvalue weighted by Crippen LogP contribution is 2.17. The van der Waals surface area contributed by atoms with Gasteiger partial charge in [0.1, 0.15) is 5.82 Å². The molecule has 134 valence electrons. The number of carbonyl (C=O) groups excluding carboxylic acids is 1. The third kappa shape index (κ3) is 4.69. The number of likely N-dealkylation sites (tertiary alicyclic amines) is 1. The van der Waals surface area contributed by atoms with Crippen molar-refractivity contribution in [2.24, 2.45) is 7.05 Å². The molecule has 0 spiro atoms. The third-order valence-electron chi connectivity index (χ3n) is 5.05. The number of hydrogen-bond donors (Lipinski definition) is 1. The van der Waals surface area contributed by atoms with E-state index in [4.69, 9.17) is 0 Å². The molecule has 1 saturated heterocycles. The molecule has 25 heavy (non-hydrogen) atoms. The zero-order chi connectivity index (χ0) is 17.6. The number of carbonyl (C=O) groups is 1. The van der Waals surface area contributed by atoms with Crippen LogP contribution in [0.4, 0.5) is 0 Å². The summed E-state index contributed by atoms with van der Waals surface area (Å²) in [4.78, 5) is 18.9. The molecule has 1 aromatic heterocycles. The second-order valence-corrected chi connectivity index (χ2v) is 6.93. The first-order chi connectivity index (χ1) is 12.1. The fourth-order valence-electron chi connectivity index (χ4n) is 3.57. The first-order valence-electron chi connectivity index (χ1n) is 9.18. The number of rotatable bonds is 6. The Morgan fingerprint density at radius 2 is 2.00 bits per heavy atom. The molecule has 0 aliphatic carbocycles. The Bertz CT molecular complexity index is 674. The summed E-state index contributed by atoms with van der Waals surface area (Å²) < 4.78 is 2.06. The number of nitrogens with one attached hydrogen (secondary N) is 1. The van der Waals surface area contributed by atoms with Crippen molar-refractivity contribution in [2.75, 3.05) is 13.1 Å². The summed E-state index contributed by atoms with van der Waals surface area (Å²) in [6.45, 7) is 3.84. The number of imidazole rings is 1. The summed E-state index contributed by atoms with van der Waals surface area (Å²) in [7, 11) is 2.02. The number of amides is 1. The van der Waals surface area contributed by atoms with Crippen molar-refractivity contribution in [2.45, 2.75) is 44.7 Å². The quantitative estimate of drug-likeness (QED) is 0.880. The number of nitrogens with zero attached hydrogens (tertiary/aromatic N) is 3. The van der Waals surface area contributed by atoms with E-state index in [0.717, 1.165) is 38.2 Å². The van der Waals surface area contributed by atoms with Gasteiger partial charge >= 0.3 is 0 Å². The lowest BCUT2D eigenvalue weighted by Gasteiger charge is -2.34. The topological polar surface area (TPSA) is 50.2 Å². The summed E-state index contributed by atoms with van der Waals surface area (Å²) >= 11 is 0. The van der Waals surface area contributed by atoms with Crippen molar-refractivity contribution in [3.8, 4) is 0 Å². The molecule has 1 N–H and O–H groups in total. The largest absolute Gasteiger partial charge is 0.343 e. The van der Waals surface area contributed by atoms with Gasteiger partial charge in [-0.2, -0.15) is 0 Å². The molecule has 1 aliphatic rings. The predicted molar refractivity (Wildman–Crippen MR) is 99.1 cm³/mol. The maximum Gasteiger partial charge on any atom is 0.222 e. The number of piperidine rings is 1. The molecule has 2 aromatic rings. The minimum Gasteiger partial charge on any atom is -0.343 e. The second kappa shape index (κ2) is 8.30. The maximum absolute atomic E-state index is 12.4. The standard InChI is InChI=1S/C20H28N4O/c1-16(20-21-12-15-23(20)2)22-18-10-13-24(14-11-18)19(25)9-8-17-6-4-3-5-7-17/h3-7,12,15-16,18,22H,8-11,13-14H2,1-2H3. The van der Waals surface area contributed by atoms with Crippen LogP contribution in [0.2, 0.25) is 0 Å². The normalized spacial score (nSPS) is 16.8. The lowest BCUT2D eigenvalue weighted by Crippen LogP contribution is -2.45. The summed E-state index contributed by atoms with van der Waals surface area (Å²) in [5, 5.41) is 3.66. The zero-order valence-corrected chi connectivity index (χ0v) is 15.2. The Hall–Kier alpha value is -2.14. The van der Waals surface area contributed by atoms with E-state index in [2.05, 4.69) is 33.9 Å². The van der Waals surface area contributed by atoms with Gasteiger partial charge in [0.05, 0.1) is 6.04 Å². The molecule has 0 bridgehead atoms. The molecule has 5 heteroatoms. The van der Waals surface area contributed by atoms with Crippen molar-refractivity contribution >= 4 is 5.91 Å². The zero-order valence-electron chi connectivity index (χ0n) is 15.2. The molecule has 0 saturated carbocycles. The van der Waals surface area contributed by atoms with Crippen molar-refractivity contribution in [1.29, 1.82) is 0 Å². The highest BCUT2D eigenvalue weighted by molar-refractivity contribution is 5.76. The minimum absolute atomic E-state index is 0.227. The smallest absolute Gasteiger partial charge is 0.222 e. The van der Waals surface area contributed by atoms with Gasteiger partial charge in [0.2, 0.25) is 5.91 Å².